The highest BCUT2D eigenvalue weighted by molar-refractivity contribution is 9.10. The molecule has 1 aromatic heterocycles. The van der Waals surface area contributed by atoms with Gasteiger partial charge in [0.25, 0.3) is 0 Å². The van der Waals surface area contributed by atoms with E-state index < -0.39 is 0 Å². The van der Waals surface area contributed by atoms with Crippen LogP contribution in [0, 0.1) is 0 Å². The molecule has 1 aromatic carbocycles. The smallest absolute Gasteiger partial charge is 0.137 e. The lowest BCUT2D eigenvalue weighted by atomic mass is 10.1. The number of fused-ring (bicyclic) bond motifs is 1. The highest BCUT2D eigenvalue weighted by Gasteiger charge is 2.05. The van der Waals surface area contributed by atoms with Crippen molar-refractivity contribution in [3.8, 4) is 0 Å². The van der Waals surface area contributed by atoms with Gasteiger partial charge in [-0.1, -0.05) is 15.9 Å². The summed E-state index contributed by atoms with van der Waals surface area (Å²) < 4.78 is 6.56. The normalized spacial score (nSPS) is 11.0. The molecule has 0 radical (unpaired) electrons. The number of furan rings is 1. The molecule has 74 valence electrons. The van der Waals surface area contributed by atoms with Crippen molar-refractivity contribution in [3.05, 3.63) is 34.5 Å². The Labute approximate surface area is 91.4 Å². The number of hydrogen-bond acceptors (Lipinski definition) is 2. The van der Waals surface area contributed by atoms with Gasteiger partial charge in [0, 0.05) is 9.86 Å². The lowest BCUT2D eigenvalue weighted by molar-refractivity contribution is 0.609. The van der Waals surface area contributed by atoms with Crippen molar-refractivity contribution in [2.45, 2.75) is 6.42 Å². The van der Waals surface area contributed by atoms with Crippen LogP contribution in [-0.4, -0.2) is 13.6 Å². The summed E-state index contributed by atoms with van der Waals surface area (Å²) in [5.74, 6) is 0. The number of benzene rings is 1. The third-order valence-electron chi connectivity index (χ3n) is 2.24. The molecular weight excluding hydrogens is 242 g/mol. The van der Waals surface area contributed by atoms with Crippen LogP contribution in [0.1, 0.15) is 5.56 Å². The fourth-order valence-corrected chi connectivity index (χ4v) is 2.08. The Morgan fingerprint density at radius 3 is 3.07 bits per heavy atom. The van der Waals surface area contributed by atoms with Crippen molar-refractivity contribution in [1.82, 2.24) is 5.32 Å². The first-order chi connectivity index (χ1) is 6.81. The molecule has 0 bridgehead atoms. The molecule has 2 rings (SSSR count). The molecule has 0 fully saturated rings. The number of nitrogens with one attached hydrogen (secondary N) is 1. The molecule has 0 aliphatic rings. The SMILES string of the molecule is CNCCc1cc(Br)cc2ccoc12. The number of likely N-dealkylation sites (N-methyl/N-ethyl adjacent to an activating group) is 1. The van der Waals surface area contributed by atoms with Gasteiger partial charge in [-0.2, -0.15) is 0 Å². The summed E-state index contributed by atoms with van der Waals surface area (Å²) in [7, 11) is 1.96. The third kappa shape index (κ3) is 1.83. The maximum atomic E-state index is 5.45. The first-order valence-electron chi connectivity index (χ1n) is 4.61. The van der Waals surface area contributed by atoms with Gasteiger partial charge in [-0.25, -0.2) is 0 Å². The van der Waals surface area contributed by atoms with Gasteiger partial charge in [0.05, 0.1) is 6.26 Å². The molecule has 0 spiro atoms. The van der Waals surface area contributed by atoms with Crippen molar-refractivity contribution in [2.75, 3.05) is 13.6 Å². The van der Waals surface area contributed by atoms with Crippen LogP contribution in [0.3, 0.4) is 0 Å². The van der Waals surface area contributed by atoms with E-state index in [0.717, 1.165) is 28.4 Å². The summed E-state index contributed by atoms with van der Waals surface area (Å²) in [4.78, 5) is 0. The number of hydrogen-bond donors (Lipinski definition) is 1. The molecular formula is C11H12BrNO. The van der Waals surface area contributed by atoms with Crippen LogP contribution in [0.2, 0.25) is 0 Å². The molecule has 0 atom stereocenters. The van der Waals surface area contributed by atoms with Crippen LogP contribution < -0.4 is 5.32 Å². The first kappa shape index (κ1) is 9.74. The van der Waals surface area contributed by atoms with E-state index in [9.17, 15) is 0 Å². The van der Waals surface area contributed by atoms with Crippen LogP contribution in [0.15, 0.2) is 33.4 Å². The van der Waals surface area contributed by atoms with Crippen LogP contribution in [0.4, 0.5) is 0 Å². The van der Waals surface area contributed by atoms with E-state index in [1.807, 2.05) is 13.1 Å². The average molecular weight is 254 g/mol. The molecule has 0 amide bonds. The second-order valence-corrected chi connectivity index (χ2v) is 4.17. The fourth-order valence-electron chi connectivity index (χ4n) is 1.56. The van der Waals surface area contributed by atoms with Gasteiger partial charge in [0.15, 0.2) is 0 Å². The molecule has 1 heterocycles. The van der Waals surface area contributed by atoms with Crippen LogP contribution in [0.5, 0.6) is 0 Å². The average Bonchev–Trinajstić information content (AvgIpc) is 2.61. The minimum atomic E-state index is 0.965. The predicted molar refractivity (Wildman–Crippen MR) is 61.5 cm³/mol. The summed E-state index contributed by atoms with van der Waals surface area (Å²) in [5, 5.41) is 4.29. The van der Waals surface area contributed by atoms with Crippen molar-refractivity contribution in [2.24, 2.45) is 0 Å². The van der Waals surface area contributed by atoms with Gasteiger partial charge in [0.2, 0.25) is 0 Å². The Balaban J connectivity index is 2.44. The van der Waals surface area contributed by atoms with E-state index in [4.69, 9.17) is 4.42 Å². The zero-order chi connectivity index (χ0) is 9.97. The van der Waals surface area contributed by atoms with E-state index in [1.54, 1.807) is 6.26 Å². The lowest BCUT2D eigenvalue weighted by Crippen LogP contribution is -2.10. The monoisotopic (exact) mass is 253 g/mol. The summed E-state index contributed by atoms with van der Waals surface area (Å²) >= 11 is 3.50. The summed E-state index contributed by atoms with van der Waals surface area (Å²) in [5.41, 5.74) is 2.25. The van der Waals surface area contributed by atoms with Gasteiger partial charge < -0.3 is 9.73 Å². The molecule has 0 unspecified atom stereocenters. The Bertz CT molecular complexity index is 436. The fraction of sp³-hybridized carbons (Fsp3) is 0.273. The van der Waals surface area contributed by atoms with E-state index in [1.165, 1.54) is 5.56 Å². The Kier molecular flexibility index (Phi) is 2.89. The molecule has 0 aliphatic heterocycles. The lowest BCUT2D eigenvalue weighted by Gasteiger charge is -2.02. The first-order valence-corrected chi connectivity index (χ1v) is 5.41. The largest absolute Gasteiger partial charge is 0.464 e. The highest BCUT2D eigenvalue weighted by atomic mass is 79.9. The van der Waals surface area contributed by atoms with Crippen molar-refractivity contribution < 1.29 is 4.42 Å². The minimum absolute atomic E-state index is 0.965. The molecule has 2 aromatic rings. The molecule has 3 heteroatoms. The second kappa shape index (κ2) is 4.15. The zero-order valence-electron chi connectivity index (χ0n) is 8.01. The van der Waals surface area contributed by atoms with Gasteiger partial charge >= 0.3 is 0 Å². The third-order valence-corrected chi connectivity index (χ3v) is 2.70. The predicted octanol–water partition coefficient (Wildman–Crippen LogP) is 2.96. The summed E-state index contributed by atoms with van der Waals surface area (Å²) in [6, 6.07) is 6.17. The van der Waals surface area contributed by atoms with Crippen LogP contribution in [-0.2, 0) is 6.42 Å². The van der Waals surface area contributed by atoms with Gasteiger partial charge in [-0.05, 0) is 43.8 Å². The van der Waals surface area contributed by atoms with E-state index >= 15 is 0 Å². The van der Waals surface area contributed by atoms with Gasteiger partial charge in [0.1, 0.15) is 5.58 Å². The molecule has 0 aliphatic carbocycles. The highest BCUT2D eigenvalue weighted by Crippen LogP contribution is 2.25. The van der Waals surface area contributed by atoms with E-state index in [0.29, 0.717) is 0 Å². The van der Waals surface area contributed by atoms with Crippen LogP contribution in [0.25, 0.3) is 11.0 Å². The Hall–Kier alpha value is -0.800. The summed E-state index contributed by atoms with van der Waals surface area (Å²) in [6.07, 6.45) is 2.72. The van der Waals surface area contributed by atoms with Crippen molar-refractivity contribution in [1.29, 1.82) is 0 Å². The number of rotatable bonds is 3. The van der Waals surface area contributed by atoms with Crippen LogP contribution >= 0.6 is 15.9 Å². The standard InChI is InChI=1S/C11H12BrNO/c1-13-4-2-8-6-10(12)7-9-3-5-14-11(8)9/h3,5-7,13H,2,4H2,1H3. The zero-order valence-corrected chi connectivity index (χ0v) is 9.60. The van der Waals surface area contributed by atoms with Crippen molar-refractivity contribution >= 4 is 26.9 Å². The molecule has 1 N–H and O–H groups in total. The van der Waals surface area contributed by atoms with E-state index in [2.05, 4.69) is 33.4 Å². The Morgan fingerprint density at radius 1 is 1.43 bits per heavy atom. The van der Waals surface area contributed by atoms with Gasteiger partial charge in [-0.3, -0.25) is 0 Å². The molecule has 0 saturated carbocycles. The Morgan fingerprint density at radius 2 is 2.29 bits per heavy atom. The summed E-state index contributed by atoms with van der Waals surface area (Å²) in [6.45, 7) is 0.965. The minimum Gasteiger partial charge on any atom is -0.464 e. The van der Waals surface area contributed by atoms with Gasteiger partial charge in [-0.15, -0.1) is 0 Å². The quantitative estimate of drug-likeness (QED) is 0.910. The topological polar surface area (TPSA) is 25.2 Å². The maximum absolute atomic E-state index is 5.45. The molecule has 0 saturated heterocycles. The molecule has 2 nitrogen and oxygen atoms in total. The number of halogens is 1. The van der Waals surface area contributed by atoms with E-state index in [-0.39, 0.29) is 0 Å². The second-order valence-electron chi connectivity index (χ2n) is 3.26. The van der Waals surface area contributed by atoms with Crippen molar-refractivity contribution in [3.63, 3.8) is 0 Å². The molecule has 14 heavy (non-hydrogen) atoms. The maximum Gasteiger partial charge on any atom is 0.137 e.